The Morgan fingerprint density at radius 1 is 1.21 bits per heavy atom. The maximum atomic E-state index is 13.6. The molecule has 4 heteroatoms. The fraction of sp³-hybridized carbons (Fsp3) is 0.267. The summed E-state index contributed by atoms with van der Waals surface area (Å²) in [6.07, 6.45) is 4.62. The Kier molecular flexibility index (Phi) is 5.05. The summed E-state index contributed by atoms with van der Waals surface area (Å²) >= 11 is 3.31. The van der Waals surface area contributed by atoms with Gasteiger partial charge in [0.15, 0.2) is 0 Å². The molecule has 1 N–H and O–H groups in total. The van der Waals surface area contributed by atoms with Gasteiger partial charge in [-0.3, -0.25) is 4.98 Å². The van der Waals surface area contributed by atoms with Gasteiger partial charge in [-0.2, -0.15) is 0 Å². The monoisotopic (exact) mass is 323 g/mol. The number of halogens is 2. The number of aromatic nitrogens is 1. The van der Waals surface area contributed by atoms with Crippen molar-refractivity contribution >= 4 is 15.9 Å². The van der Waals surface area contributed by atoms with Gasteiger partial charge in [0, 0.05) is 23.3 Å². The molecule has 0 radical (unpaired) electrons. The number of pyridine rings is 1. The lowest BCUT2D eigenvalue weighted by atomic mass is 10.0. The van der Waals surface area contributed by atoms with E-state index in [1.807, 2.05) is 12.1 Å². The Hall–Kier alpha value is -1.26. The molecule has 0 spiro atoms. The van der Waals surface area contributed by atoms with Gasteiger partial charge >= 0.3 is 0 Å². The molecule has 1 heterocycles. The molecule has 0 saturated heterocycles. The highest BCUT2D eigenvalue weighted by molar-refractivity contribution is 9.10. The zero-order valence-electron chi connectivity index (χ0n) is 10.4. The molecule has 0 aliphatic rings. The molecule has 0 saturated carbocycles. The molecule has 2 aromatic rings. The molecule has 0 aliphatic carbocycles. The second-order valence-corrected chi connectivity index (χ2v) is 5.40. The predicted octanol–water partition coefficient (Wildman–Crippen LogP) is 3.52. The summed E-state index contributed by atoms with van der Waals surface area (Å²) in [7, 11) is 0. The van der Waals surface area contributed by atoms with E-state index in [9.17, 15) is 9.50 Å². The number of rotatable bonds is 5. The van der Waals surface area contributed by atoms with Gasteiger partial charge in [-0.05, 0) is 54.3 Å². The van der Waals surface area contributed by atoms with Crippen molar-refractivity contribution in [1.82, 2.24) is 4.98 Å². The van der Waals surface area contributed by atoms with Crippen molar-refractivity contribution < 1.29 is 9.50 Å². The number of nitrogens with zero attached hydrogens (tertiary/aromatic N) is 1. The van der Waals surface area contributed by atoms with Gasteiger partial charge in [0.1, 0.15) is 5.82 Å². The van der Waals surface area contributed by atoms with Crippen molar-refractivity contribution in [2.45, 2.75) is 25.4 Å². The molecule has 0 amide bonds. The van der Waals surface area contributed by atoms with Crippen LogP contribution in [0.2, 0.25) is 0 Å². The third-order valence-corrected chi connectivity index (χ3v) is 3.47. The summed E-state index contributed by atoms with van der Waals surface area (Å²) in [5.41, 5.74) is 1.67. The van der Waals surface area contributed by atoms with E-state index in [2.05, 4.69) is 20.9 Å². The van der Waals surface area contributed by atoms with Gasteiger partial charge in [-0.1, -0.05) is 15.9 Å². The first-order valence-electron chi connectivity index (χ1n) is 6.16. The predicted molar refractivity (Wildman–Crippen MR) is 76.4 cm³/mol. The first kappa shape index (κ1) is 14.2. The second-order valence-electron chi connectivity index (χ2n) is 4.49. The van der Waals surface area contributed by atoms with Crippen LogP contribution in [0, 0.1) is 5.82 Å². The van der Waals surface area contributed by atoms with Crippen molar-refractivity contribution in [3.8, 4) is 0 Å². The van der Waals surface area contributed by atoms with Crippen LogP contribution < -0.4 is 0 Å². The molecule has 1 unspecified atom stereocenters. The number of benzene rings is 1. The minimum absolute atomic E-state index is 0.272. The lowest BCUT2D eigenvalue weighted by Crippen LogP contribution is -2.12. The van der Waals surface area contributed by atoms with Crippen LogP contribution in [0.3, 0.4) is 0 Å². The number of hydrogen-bond acceptors (Lipinski definition) is 2. The van der Waals surface area contributed by atoms with Crippen LogP contribution in [0.15, 0.2) is 47.2 Å². The zero-order valence-corrected chi connectivity index (χ0v) is 12.0. The average molecular weight is 324 g/mol. The average Bonchev–Trinajstić information content (AvgIpc) is 2.42. The van der Waals surface area contributed by atoms with Crippen LogP contribution in [0.5, 0.6) is 0 Å². The summed E-state index contributed by atoms with van der Waals surface area (Å²) in [4.78, 5) is 3.94. The Bertz CT molecular complexity index is 533. The van der Waals surface area contributed by atoms with E-state index in [1.54, 1.807) is 24.5 Å². The number of aryl methyl sites for hydroxylation is 1. The molecule has 0 bridgehead atoms. The Morgan fingerprint density at radius 2 is 1.95 bits per heavy atom. The van der Waals surface area contributed by atoms with Crippen molar-refractivity contribution in [2.24, 2.45) is 0 Å². The first-order valence-corrected chi connectivity index (χ1v) is 6.95. The molecule has 0 aliphatic heterocycles. The fourth-order valence-corrected chi connectivity index (χ4v) is 2.35. The van der Waals surface area contributed by atoms with E-state index < -0.39 is 6.10 Å². The van der Waals surface area contributed by atoms with Crippen LogP contribution in [-0.4, -0.2) is 16.2 Å². The minimum Gasteiger partial charge on any atom is -0.393 e. The highest BCUT2D eigenvalue weighted by Crippen LogP contribution is 2.18. The Labute approximate surface area is 120 Å². The highest BCUT2D eigenvalue weighted by atomic mass is 79.9. The summed E-state index contributed by atoms with van der Waals surface area (Å²) < 4.78 is 14.4. The molecule has 1 aromatic carbocycles. The van der Waals surface area contributed by atoms with Crippen molar-refractivity contribution in [2.75, 3.05) is 0 Å². The molecular formula is C15H15BrFNO. The van der Waals surface area contributed by atoms with Crippen LogP contribution >= 0.6 is 15.9 Å². The van der Waals surface area contributed by atoms with E-state index in [0.29, 0.717) is 18.4 Å². The Morgan fingerprint density at radius 3 is 2.68 bits per heavy atom. The first-order chi connectivity index (χ1) is 9.15. The maximum absolute atomic E-state index is 13.6. The quantitative estimate of drug-likeness (QED) is 0.913. The molecule has 100 valence electrons. The molecule has 19 heavy (non-hydrogen) atoms. The van der Waals surface area contributed by atoms with Gasteiger partial charge in [0.05, 0.1) is 6.10 Å². The van der Waals surface area contributed by atoms with E-state index in [0.717, 1.165) is 16.5 Å². The normalized spacial score (nSPS) is 12.4. The molecule has 0 fully saturated rings. The van der Waals surface area contributed by atoms with Gasteiger partial charge in [-0.15, -0.1) is 0 Å². The summed E-state index contributed by atoms with van der Waals surface area (Å²) in [6.45, 7) is 0. The molecule has 2 nitrogen and oxygen atoms in total. The standard InChI is InChI=1S/C15H15BrFNO/c16-13-2-4-15(17)12(9-13)10-14(19)3-1-11-5-7-18-8-6-11/h2,4-9,14,19H,1,3,10H2. The van der Waals surface area contributed by atoms with E-state index >= 15 is 0 Å². The van der Waals surface area contributed by atoms with Crippen LogP contribution in [0.25, 0.3) is 0 Å². The summed E-state index contributed by atoms with van der Waals surface area (Å²) in [5, 5.41) is 9.98. The number of aliphatic hydroxyl groups is 1. The topological polar surface area (TPSA) is 33.1 Å². The van der Waals surface area contributed by atoms with Gasteiger partial charge in [0.2, 0.25) is 0 Å². The lowest BCUT2D eigenvalue weighted by molar-refractivity contribution is 0.164. The summed E-state index contributed by atoms with van der Waals surface area (Å²) in [5.74, 6) is -0.272. The highest BCUT2D eigenvalue weighted by Gasteiger charge is 2.10. The largest absolute Gasteiger partial charge is 0.393 e. The van der Waals surface area contributed by atoms with Crippen molar-refractivity contribution in [3.63, 3.8) is 0 Å². The minimum atomic E-state index is -0.544. The third kappa shape index (κ3) is 4.40. The van der Waals surface area contributed by atoms with E-state index in [4.69, 9.17) is 0 Å². The van der Waals surface area contributed by atoms with E-state index in [1.165, 1.54) is 6.07 Å². The van der Waals surface area contributed by atoms with Crippen LogP contribution in [0.4, 0.5) is 4.39 Å². The SMILES string of the molecule is OC(CCc1ccncc1)Cc1cc(Br)ccc1F. The fourth-order valence-electron chi connectivity index (χ4n) is 1.94. The van der Waals surface area contributed by atoms with Gasteiger partial charge in [-0.25, -0.2) is 4.39 Å². The molecule has 2 rings (SSSR count). The maximum Gasteiger partial charge on any atom is 0.126 e. The third-order valence-electron chi connectivity index (χ3n) is 2.98. The molecular weight excluding hydrogens is 309 g/mol. The number of hydrogen-bond donors (Lipinski definition) is 1. The van der Waals surface area contributed by atoms with Crippen molar-refractivity contribution in [1.29, 1.82) is 0 Å². The van der Waals surface area contributed by atoms with Crippen molar-refractivity contribution in [3.05, 3.63) is 64.1 Å². The van der Waals surface area contributed by atoms with Gasteiger partial charge in [0.25, 0.3) is 0 Å². The van der Waals surface area contributed by atoms with Crippen LogP contribution in [0.1, 0.15) is 17.5 Å². The second kappa shape index (κ2) is 6.78. The van der Waals surface area contributed by atoms with Gasteiger partial charge < -0.3 is 5.11 Å². The summed E-state index contributed by atoms with van der Waals surface area (Å²) in [6, 6.07) is 8.63. The number of aliphatic hydroxyl groups excluding tert-OH is 1. The smallest absolute Gasteiger partial charge is 0.126 e. The molecule has 1 aromatic heterocycles. The van der Waals surface area contributed by atoms with Crippen LogP contribution in [-0.2, 0) is 12.8 Å². The lowest BCUT2D eigenvalue weighted by Gasteiger charge is -2.11. The van der Waals surface area contributed by atoms with E-state index in [-0.39, 0.29) is 5.82 Å². The Balaban J connectivity index is 1.90. The molecule has 1 atom stereocenters. The zero-order chi connectivity index (χ0) is 13.7.